The van der Waals surface area contributed by atoms with Crippen molar-refractivity contribution in [2.75, 3.05) is 16.6 Å². The summed E-state index contributed by atoms with van der Waals surface area (Å²) in [5.74, 6) is 0.860. The average Bonchev–Trinajstić information content (AvgIpc) is 2.72. The van der Waals surface area contributed by atoms with Crippen molar-refractivity contribution in [2.45, 2.75) is 24.7 Å². The Balaban J connectivity index is 1.47. The molecule has 1 amide bonds. The molecule has 0 radical (unpaired) electrons. The van der Waals surface area contributed by atoms with Crippen molar-refractivity contribution in [3.8, 4) is 5.75 Å². The number of nitrogens with zero attached hydrogens (tertiary/aromatic N) is 1. The Kier molecular flexibility index (Phi) is 7.03. The molecule has 7 nitrogen and oxygen atoms in total. The molecule has 0 aliphatic heterocycles. The maximum atomic E-state index is 12.4. The van der Waals surface area contributed by atoms with Gasteiger partial charge in [-0.3, -0.25) is 9.52 Å². The zero-order valence-corrected chi connectivity index (χ0v) is 17.4. The van der Waals surface area contributed by atoms with Crippen molar-refractivity contribution in [1.29, 1.82) is 0 Å². The predicted molar refractivity (Wildman–Crippen MR) is 116 cm³/mol. The van der Waals surface area contributed by atoms with E-state index in [1.165, 1.54) is 18.3 Å². The number of ether oxygens (including phenoxy) is 1. The van der Waals surface area contributed by atoms with Crippen LogP contribution in [0.4, 0.5) is 11.5 Å². The molecule has 0 atom stereocenters. The van der Waals surface area contributed by atoms with Gasteiger partial charge in [0.05, 0.1) is 11.5 Å². The number of pyridine rings is 1. The minimum absolute atomic E-state index is 0.0812. The van der Waals surface area contributed by atoms with Crippen LogP contribution in [0.3, 0.4) is 0 Å². The first-order chi connectivity index (χ1) is 14.4. The fourth-order valence-electron chi connectivity index (χ4n) is 2.69. The molecule has 1 aromatic heterocycles. The molecule has 0 aliphatic carbocycles. The highest BCUT2D eigenvalue weighted by Gasteiger charge is 2.14. The molecule has 0 fully saturated rings. The van der Waals surface area contributed by atoms with E-state index >= 15 is 0 Å². The molecule has 156 valence electrons. The van der Waals surface area contributed by atoms with Crippen LogP contribution in [0, 0.1) is 6.92 Å². The summed E-state index contributed by atoms with van der Waals surface area (Å²) in [4.78, 5) is 16.1. The van der Waals surface area contributed by atoms with Crippen LogP contribution in [0.1, 0.15) is 18.4 Å². The van der Waals surface area contributed by atoms with Gasteiger partial charge in [-0.05, 0) is 67.4 Å². The van der Waals surface area contributed by atoms with Gasteiger partial charge >= 0.3 is 0 Å². The lowest BCUT2D eigenvalue weighted by Crippen LogP contribution is -2.15. The second-order valence-electron chi connectivity index (χ2n) is 6.66. The maximum Gasteiger partial charge on any atom is 0.263 e. The fraction of sp³-hybridized carbons (Fsp3) is 0.182. The molecule has 30 heavy (non-hydrogen) atoms. The van der Waals surface area contributed by atoms with Crippen LogP contribution in [0.25, 0.3) is 0 Å². The molecular formula is C22H23N3O4S. The second-order valence-corrected chi connectivity index (χ2v) is 8.34. The fourth-order valence-corrected chi connectivity index (χ4v) is 3.70. The molecular weight excluding hydrogens is 402 g/mol. The van der Waals surface area contributed by atoms with Crippen molar-refractivity contribution < 1.29 is 17.9 Å². The zero-order valence-electron chi connectivity index (χ0n) is 16.5. The van der Waals surface area contributed by atoms with Gasteiger partial charge in [0.25, 0.3) is 10.0 Å². The Labute approximate surface area is 176 Å². The van der Waals surface area contributed by atoms with Gasteiger partial charge in [0, 0.05) is 18.3 Å². The van der Waals surface area contributed by atoms with Crippen LogP contribution >= 0.6 is 0 Å². The minimum atomic E-state index is -3.75. The summed E-state index contributed by atoms with van der Waals surface area (Å²) >= 11 is 0. The molecule has 1 heterocycles. The van der Waals surface area contributed by atoms with Crippen molar-refractivity contribution in [3.63, 3.8) is 0 Å². The van der Waals surface area contributed by atoms with Crippen molar-refractivity contribution in [2.24, 2.45) is 0 Å². The van der Waals surface area contributed by atoms with E-state index in [2.05, 4.69) is 15.0 Å². The van der Waals surface area contributed by atoms with Crippen LogP contribution in [0.5, 0.6) is 5.75 Å². The van der Waals surface area contributed by atoms with Crippen LogP contribution in [0.2, 0.25) is 0 Å². The summed E-state index contributed by atoms with van der Waals surface area (Å²) in [5.41, 5.74) is 1.64. The van der Waals surface area contributed by atoms with Gasteiger partial charge in [-0.15, -0.1) is 0 Å². The van der Waals surface area contributed by atoms with E-state index in [4.69, 9.17) is 4.74 Å². The maximum absolute atomic E-state index is 12.4. The zero-order chi connectivity index (χ0) is 21.4. The highest BCUT2D eigenvalue weighted by Crippen LogP contribution is 2.17. The van der Waals surface area contributed by atoms with E-state index in [0.717, 1.165) is 11.3 Å². The first-order valence-corrected chi connectivity index (χ1v) is 10.9. The Morgan fingerprint density at radius 2 is 1.83 bits per heavy atom. The van der Waals surface area contributed by atoms with Crippen LogP contribution in [-0.2, 0) is 14.8 Å². The second kappa shape index (κ2) is 9.89. The number of nitrogens with one attached hydrogen (secondary N) is 2. The summed E-state index contributed by atoms with van der Waals surface area (Å²) in [5, 5.41) is 2.76. The third kappa shape index (κ3) is 6.31. The third-order valence-corrected chi connectivity index (χ3v) is 5.53. The van der Waals surface area contributed by atoms with Gasteiger partial charge < -0.3 is 10.1 Å². The molecule has 0 saturated heterocycles. The smallest absolute Gasteiger partial charge is 0.263 e. The van der Waals surface area contributed by atoms with E-state index in [1.54, 1.807) is 30.3 Å². The molecule has 0 unspecified atom stereocenters. The number of carbonyl (C=O) groups excluding carboxylic acids is 1. The summed E-state index contributed by atoms with van der Waals surface area (Å²) in [7, 11) is -3.75. The van der Waals surface area contributed by atoms with Gasteiger partial charge in [-0.1, -0.05) is 18.2 Å². The molecule has 8 heteroatoms. The van der Waals surface area contributed by atoms with Crippen LogP contribution in [-0.4, -0.2) is 25.9 Å². The van der Waals surface area contributed by atoms with Gasteiger partial charge in [0.1, 0.15) is 11.6 Å². The SMILES string of the molecule is Cc1cccc(OCCCC(=O)Nc2ccc(S(=O)(=O)Nc3ccccn3)cc2)c1. The number of rotatable bonds is 9. The van der Waals surface area contributed by atoms with E-state index in [-0.39, 0.29) is 16.6 Å². The number of anilines is 2. The topological polar surface area (TPSA) is 97.4 Å². The monoisotopic (exact) mass is 425 g/mol. The Morgan fingerprint density at radius 1 is 1.03 bits per heavy atom. The van der Waals surface area contributed by atoms with E-state index in [0.29, 0.717) is 25.1 Å². The molecule has 2 aromatic carbocycles. The van der Waals surface area contributed by atoms with Crippen molar-refractivity contribution >= 4 is 27.4 Å². The predicted octanol–water partition coefficient (Wildman–Crippen LogP) is 3.99. The largest absolute Gasteiger partial charge is 0.494 e. The highest BCUT2D eigenvalue weighted by atomic mass is 32.2. The third-order valence-electron chi connectivity index (χ3n) is 4.16. The normalized spacial score (nSPS) is 11.0. The lowest BCUT2D eigenvalue weighted by molar-refractivity contribution is -0.116. The molecule has 0 bridgehead atoms. The minimum Gasteiger partial charge on any atom is -0.494 e. The van der Waals surface area contributed by atoms with E-state index in [9.17, 15) is 13.2 Å². The summed E-state index contributed by atoms with van der Waals surface area (Å²) in [6.45, 7) is 2.43. The van der Waals surface area contributed by atoms with Crippen molar-refractivity contribution in [3.05, 3.63) is 78.5 Å². The average molecular weight is 426 g/mol. The highest BCUT2D eigenvalue weighted by molar-refractivity contribution is 7.92. The first kappa shape index (κ1) is 21.3. The summed E-state index contributed by atoms with van der Waals surface area (Å²) < 4.78 is 32.8. The van der Waals surface area contributed by atoms with E-state index in [1.807, 2.05) is 31.2 Å². The Hall–Kier alpha value is -3.39. The number of hydrogen-bond acceptors (Lipinski definition) is 5. The number of amides is 1. The van der Waals surface area contributed by atoms with E-state index < -0.39 is 10.0 Å². The molecule has 0 saturated carbocycles. The summed E-state index contributed by atoms with van der Waals surface area (Å²) in [6, 6.07) is 18.7. The standard InChI is InChI=1S/C22H23N3O4S/c1-17-6-4-7-19(16-17)29-15-5-9-22(26)24-18-10-12-20(13-11-18)30(27,28)25-21-8-2-3-14-23-21/h2-4,6-8,10-14,16H,5,9,15H2,1H3,(H,23,25)(H,24,26). The number of benzene rings is 2. The number of sulfonamides is 1. The van der Waals surface area contributed by atoms with Crippen molar-refractivity contribution in [1.82, 2.24) is 4.98 Å². The van der Waals surface area contributed by atoms with Gasteiger partial charge in [-0.25, -0.2) is 13.4 Å². The Bertz CT molecular complexity index is 1080. The first-order valence-electron chi connectivity index (χ1n) is 9.46. The lowest BCUT2D eigenvalue weighted by atomic mass is 10.2. The van der Waals surface area contributed by atoms with Gasteiger partial charge in [-0.2, -0.15) is 0 Å². The number of hydrogen-bond donors (Lipinski definition) is 2. The lowest BCUT2D eigenvalue weighted by Gasteiger charge is -2.09. The van der Waals surface area contributed by atoms with Crippen LogP contribution in [0.15, 0.2) is 77.8 Å². The summed E-state index contributed by atoms with van der Waals surface area (Å²) in [6.07, 6.45) is 2.37. The molecule has 2 N–H and O–H groups in total. The van der Waals surface area contributed by atoms with Gasteiger partial charge in [0.2, 0.25) is 5.91 Å². The molecule has 0 spiro atoms. The Morgan fingerprint density at radius 3 is 2.53 bits per heavy atom. The quantitative estimate of drug-likeness (QED) is 0.505. The van der Waals surface area contributed by atoms with Gasteiger partial charge in [0.15, 0.2) is 0 Å². The molecule has 0 aliphatic rings. The number of aromatic nitrogens is 1. The molecule has 3 aromatic rings. The number of carbonyl (C=O) groups is 1. The molecule has 3 rings (SSSR count). The number of aryl methyl sites for hydroxylation is 1. The van der Waals surface area contributed by atoms with Crippen LogP contribution < -0.4 is 14.8 Å².